The first-order valence-electron chi connectivity index (χ1n) is 12.6. The minimum absolute atomic E-state index is 0.109. The quantitative estimate of drug-likeness (QED) is 0.347. The van der Waals surface area contributed by atoms with E-state index < -0.39 is 11.3 Å². The summed E-state index contributed by atoms with van der Waals surface area (Å²) >= 11 is 0. The van der Waals surface area contributed by atoms with Crippen molar-refractivity contribution < 1.29 is 8.78 Å². The topological polar surface area (TPSA) is 28.2 Å². The maximum atomic E-state index is 15.9. The molecule has 0 spiro atoms. The molecule has 2 aromatic rings. The third kappa shape index (κ3) is 6.51. The van der Waals surface area contributed by atoms with Gasteiger partial charge in [-0.2, -0.15) is 0 Å². The van der Waals surface area contributed by atoms with Crippen LogP contribution in [0.2, 0.25) is 0 Å². The SMILES string of the molecule is C=C(/C=C(\C)C(C)(C)F)c1ccc(C(=C)NCC2CCCCN2C(=C)C(C)(F)c2ccccc2)nc1. The molecule has 1 aromatic carbocycles. The van der Waals surface area contributed by atoms with E-state index in [-0.39, 0.29) is 6.04 Å². The molecule has 0 aliphatic carbocycles. The first-order valence-corrected chi connectivity index (χ1v) is 12.6. The molecule has 3 rings (SSSR count). The van der Waals surface area contributed by atoms with Crippen molar-refractivity contribution in [1.82, 2.24) is 15.2 Å². The van der Waals surface area contributed by atoms with Crippen LogP contribution in [-0.4, -0.2) is 34.7 Å². The zero-order valence-electron chi connectivity index (χ0n) is 22.1. The molecular weight excluding hydrogens is 452 g/mol. The number of likely N-dealkylation sites (tertiary alicyclic amines) is 1. The van der Waals surface area contributed by atoms with E-state index in [1.54, 1.807) is 26.1 Å². The predicted molar refractivity (Wildman–Crippen MR) is 148 cm³/mol. The van der Waals surface area contributed by atoms with Gasteiger partial charge >= 0.3 is 0 Å². The zero-order chi connectivity index (χ0) is 26.5. The maximum Gasteiger partial charge on any atom is 0.172 e. The second-order valence-corrected chi connectivity index (χ2v) is 10.3. The highest BCUT2D eigenvalue weighted by atomic mass is 19.1. The Morgan fingerprint density at radius 2 is 1.78 bits per heavy atom. The summed E-state index contributed by atoms with van der Waals surface area (Å²) in [7, 11) is 0. The molecule has 0 radical (unpaired) electrons. The first kappa shape index (κ1) is 27.4. The van der Waals surface area contributed by atoms with Crippen LogP contribution in [0.4, 0.5) is 8.78 Å². The van der Waals surface area contributed by atoms with Crippen LogP contribution in [0, 0.1) is 0 Å². The fourth-order valence-electron chi connectivity index (χ4n) is 4.37. The lowest BCUT2D eigenvalue weighted by Crippen LogP contribution is -2.47. The number of nitrogens with one attached hydrogen (secondary N) is 1. The number of hydrogen-bond acceptors (Lipinski definition) is 3. The van der Waals surface area contributed by atoms with Gasteiger partial charge in [-0.15, -0.1) is 0 Å². The molecule has 1 fully saturated rings. The largest absolute Gasteiger partial charge is 0.382 e. The molecule has 192 valence electrons. The summed E-state index contributed by atoms with van der Waals surface area (Å²) in [4.78, 5) is 6.64. The van der Waals surface area contributed by atoms with E-state index in [9.17, 15) is 4.39 Å². The van der Waals surface area contributed by atoms with Crippen molar-refractivity contribution in [1.29, 1.82) is 0 Å². The average Bonchev–Trinajstić information content (AvgIpc) is 2.87. The van der Waals surface area contributed by atoms with Gasteiger partial charge in [0.05, 0.1) is 11.4 Å². The average molecular weight is 492 g/mol. The van der Waals surface area contributed by atoms with Crippen molar-refractivity contribution in [3.8, 4) is 0 Å². The second-order valence-electron chi connectivity index (χ2n) is 10.3. The maximum absolute atomic E-state index is 15.9. The van der Waals surface area contributed by atoms with Crippen molar-refractivity contribution in [3.05, 3.63) is 103 Å². The van der Waals surface area contributed by atoms with E-state index in [0.717, 1.165) is 37.1 Å². The molecule has 1 aliphatic heterocycles. The minimum atomic E-state index is -1.64. The molecule has 1 saturated heterocycles. The van der Waals surface area contributed by atoms with Gasteiger partial charge in [-0.25, -0.2) is 8.78 Å². The number of halogens is 2. The van der Waals surface area contributed by atoms with E-state index in [1.165, 1.54) is 13.8 Å². The van der Waals surface area contributed by atoms with Crippen LogP contribution in [0.15, 0.2) is 85.7 Å². The van der Waals surface area contributed by atoms with Gasteiger partial charge in [0.2, 0.25) is 0 Å². The summed E-state index contributed by atoms with van der Waals surface area (Å²) in [6, 6.07) is 13.1. The highest BCUT2D eigenvalue weighted by molar-refractivity contribution is 5.73. The molecule has 5 heteroatoms. The molecule has 3 nitrogen and oxygen atoms in total. The highest BCUT2D eigenvalue weighted by Crippen LogP contribution is 2.37. The van der Waals surface area contributed by atoms with Crippen LogP contribution in [0.3, 0.4) is 0 Å². The number of pyridine rings is 1. The summed E-state index contributed by atoms with van der Waals surface area (Å²) in [6.07, 6.45) is 6.54. The monoisotopic (exact) mass is 491 g/mol. The standard InChI is InChI=1S/C31H39F2N3/c1-22(19-23(2)30(5,6)32)26-16-17-29(35-20-26)24(3)34-21-28-15-11-12-18-36(28)25(4)31(7,33)27-13-9-8-10-14-27/h8-10,13-14,16-17,19-20,28,34H,1,3-4,11-12,15,18,21H2,2,5-7H3/b23-19+. The van der Waals surface area contributed by atoms with Crippen molar-refractivity contribution in [2.75, 3.05) is 13.1 Å². The van der Waals surface area contributed by atoms with Crippen LogP contribution < -0.4 is 5.32 Å². The van der Waals surface area contributed by atoms with Gasteiger partial charge < -0.3 is 10.2 Å². The van der Waals surface area contributed by atoms with Gasteiger partial charge in [0.1, 0.15) is 5.67 Å². The van der Waals surface area contributed by atoms with Gasteiger partial charge in [0, 0.05) is 31.0 Å². The van der Waals surface area contributed by atoms with E-state index in [2.05, 4.69) is 34.9 Å². The fraction of sp³-hybridized carbons (Fsp3) is 0.387. The number of rotatable bonds is 10. The number of alkyl halides is 2. The number of benzene rings is 1. The van der Waals surface area contributed by atoms with E-state index >= 15 is 4.39 Å². The molecule has 1 aromatic heterocycles. The number of nitrogens with zero attached hydrogens (tertiary/aromatic N) is 2. The van der Waals surface area contributed by atoms with Gasteiger partial charge in [-0.3, -0.25) is 4.98 Å². The Kier molecular flexibility index (Phi) is 8.55. The molecule has 1 aliphatic rings. The number of aromatic nitrogens is 1. The number of hydrogen-bond donors (Lipinski definition) is 1. The van der Waals surface area contributed by atoms with Crippen molar-refractivity contribution in [3.63, 3.8) is 0 Å². The van der Waals surface area contributed by atoms with Crippen LogP contribution in [-0.2, 0) is 5.67 Å². The first-order chi connectivity index (χ1) is 16.9. The highest BCUT2D eigenvalue weighted by Gasteiger charge is 2.36. The third-order valence-electron chi connectivity index (χ3n) is 7.15. The molecule has 1 N–H and O–H groups in total. The minimum Gasteiger partial charge on any atom is -0.382 e. The van der Waals surface area contributed by atoms with Crippen molar-refractivity contribution >= 4 is 11.3 Å². The summed E-state index contributed by atoms with van der Waals surface area (Å²) in [5.41, 5.74) is 1.63. The normalized spacial score (nSPS) is 18.3. The van der Waals surface area contributed by atoms with E-state index in [1.807, 2.05) is 42.5 Å². The van der Waals surface area contributed by atoms with E-state index in [4.69, 9.17) is 0 Å². The molecule has 0 bridgehead atoms. The third-order valence-corrected chi connectivity index (χ3v) is 7.15. The smallest absolute Gasteiger partial charge is 0.172 e. The lowest BCUT2D eigenvalue weighted by Gasteiger charge is -2.42. The Hall–Kier alpha value is -3.21. The molecule has 2 heterocycles. The fourth-order valence-corrected chi connectivity index (χ4v) is 4.37. The van der Waals surface area contributed by atoms with Gasteiger partial charge in [-0.05, 0) is 75.3 Å². The van der Waals surface area contributed by atoms with Crippen LogP contribution in [0.5, 0.6) is 0 Å². The zero-order valence-corrected chi connectivity index (χ0v) is 22.1. The Morgan fingerprint density at radius 1 is 1.08 bits per heavy atom. The Balaban J connectivity index is 1.65. The number of allylic oxidation sites excluding steroid dienone is 4. The van der Waals surface area contributed by atoms with Crippen LogP contribution in [0.1, 0.15) is 63.8 Å². The molecule has 0 amide bonds. The molecule has 0 saturated carbocycles. The van der Waals surface area contributed by atoms with Gasteiger partial charge in [-0.1, -0.05) is 62.2 Å². The predicted octanol–water partition coefficient (Wildman–Crippen LogP) is 7.60. The summed E-state index contributed by atoms with van der Waals surface area (Å²) in [6.45, 7) is 20.2. The van der Waals surface area contributed by atoms with Crippen molar-refractivity contribution in [2.45, 2.75) is 64.3 Å². The lowest BCUT2D eigenvalue weighted by molar-refractivity contribution is 0.117. The Morgan fingerprint density at radius 3 is 2.39 bits per heavy atom. The molecular formula is C31H39F2N3. The molecule has 2 unspecified atom stereocenters. The Bertz CT molecular complexity index is 1110. The molecule has 2 atom stereocenters. The van der Waals surface area contributed by atoms with Crippen molar-refractivity contribution in [2.24, 2.45) is 0 Å². The van der Waals surface area contributed by atoms with Gasteiger partial charge in [0.15, 0.2) is 5.67 Å². The summed E-state index contributed by atoms with van der Waals surface area (Å²) in [5, 5.41) is 3.40. The van der Waals surface area contributed by atoms with Gasteiger partial charge in [0.25, 0.3) is 0 Å². The summed E-state index contributed by atoms with van der Waals surface area (Å²) < 4.78 is 30.0. The number of piperidine rings is 1. The van der Waals surface area contributed by atoms with Crippen LogP contribution in [0.25, 0.3) is 11.3 Å². The molecule has 36 heavy (non-hydrogen) atoms. The lowest BCUT2D eigenvalue weighted by atomic mass is 9.91. The summed E-state index contributed by atoms with van der Waals surface area (Å²) in [5.74, 6) is 0. The second kappa shape index (κ2) is 11.2. The Labute approximate surface area is 215 Å². The van der Waals surface area contributed by atoms with E-state index in [0.29, 0.717) is 34.6 Å². The van der Waals surface area contributed by atoms with Crippen LogP contribution >= 0.6 is 0 Å².